The highest BCUT2D eigenvalue weighted by atomic mass is 16.6. The van der Waals surface area contributed by atoms with E-state index in [0.29, 0.717) is 18.9 Å². The van der Waals surface area contributed by atoms with Gasteiger partial charge >= 0.3 is 6.09 Å². The third-order valence-electron chi connectivity index (χ3n) is 4.26. The van der Waals surface area contributed by atoms with E-state index >= 15 is 0 Å². The van der Waals surface area contributed by atoms with E-state index in [1.807, 2.05) is 51.1 Å². The number of hydrogen-bond acceptors (Lipinski definition) is 4. The molecule has 0 spiro atoms. The predicted molar refractivity (Wildman–Crippen MR) is 97.2 cm³/mol. The number of benzene rings is 1. The summed E-state index contributed by atoms with van der Waals surface area (Å²) in [7, 11) is 0. The molecule has 2 rings (SSSR count). The fourth-order valence-electron chi connectivity index (χ4n) is 3.12. The largest absolute Gasteiger partial charge is 0.444 e. The predicted octanol–water partition coefficient (Wildman–Crippen LogP) is 3.67. The second-order valence-corrected chi connectivity index (χ2v) is 8.20. The van der Waals surface area contributed by atoms with Crippen molar-refractivity contribution in [2.24, 2.45) is 11.8 Å². The van der Waals surface area contributed by atoms with Crippen LogP contribution in [-0.2, 0) is 9.47 Å². The van der Waals surface area contributed by atoms with Gasteiger partial charge in [0.1, 0.15) is 5.60 Å². The van der Waals surface area contributed by atoms with Gasteiger partial charge in [-0.15, -0.1) is 0 Å². The molecule has 0 aromatic heterocycles. The smallest absolute Gasteiger partial charge is 0.407 e. The standard InChI is InChI=1S/C20H31NO4/c1-13(2)11-16(21-19(23)25-20(3,4)5)17(22)15-12-24-18(15)14-9-7-6-8-10-14/h6-10,13,15-18,22H,11-12H2,1-5H3,(H,21,23)/t15-,16+,17+,18?/m0/s1. The first-order valence-electron chi connectivity index (χ1n) is 9.01. The van der Waals surface area contributed by atoms with Crippen molar-refractivity contribution in [1.82, 2.24) is 5.32 Å². The van der Waals surface area contributed by atoms with Crippen LogP contribution in [0, 0.1) is 11.8 Å². The van der Waals surface area contributed by atoms with Crippen LogP contribution in [0.4, 0.5) is 4.79 Å². The molecule has 4 atom stereocenters. The molecule has 25 heavy (non-hydrogen) atoms. The Hall–Kier alpha value is -1.59. The maximum atomic E-state index is 12.2. The maximum absolute atomic E-state index is 12.2. The molecule has 1 aromatic carbocycles. The third-order valence-corrected chi connectivity index (χ3v) is 4.26. The number of carbonyl (C=O) groups is 1. The topological polar surface area (TPSA) is 67.8 Å². The molecule has 5 nitrogen and oxygen atoms in total. The Morgan fingerprint density at radius 2 is 1.96 bits per heavy atom. The summed E-state index contributed by atoms with van der Waals surface area (Å²) in [5.74, 6) is 0.298. The molecule has 0 bridgehead atoms. The fraction of sp³-hybridized carbons (Fsp3) is 0.650. The van der Waals surface area contributed by atoms with E-state index in [4.69, 9.17) is 9.47 Å². The van der Waals surface area contributed by atoms with Gasteiger partial charge in [-0.1, -0.05) is 44.2 Å². The highest BCUT2D eigenvalue weighted by Crippen LogP contribution is 2.39. The van der Waals surface area contributed by atoms with Crippen molar-refractivity contribution in [3.8, 4) is 0 Å². The molecule has 0 aliphatic carbocycles. The zero-order chi connectivity index (χ0) is 18.6. The summed E-state index contributed by atoms with van der Waals surface area (Å²) in [5, 5.41) is 13.8. The first-order valence-corrected chi connectivity index (χ1v) is 9.01. The Morgan fingerprint density at radius 1 is 1.32 bits per heavy atom. The maximum Gasteiger partial charge on any atom is 0.407 e. The fourth-order valence-corrected chi connectivity index (χ4v) is 3.12. The van der Waals surface area contributed by atoms with Crippen molar-refractivity contribution < 1.29 is 19.4 Å². The van der Waals surface area contributed by atoms with Gasteiger partial charge in [0.2, 0.25) is 0 Å². The van der Waals surface area contributed by atoms with Crippen LogP contribution in [0.15, 0.2) is 30.3 Å². The lowest BCUT2D eigenvalue weighted by molar-refractivity contribution is -0.168. The highest BCUT2D eigenvalue weighted by molar-refractivity contribution is 5.68. The second kappa shape index (κ2) is 8.19. The van der Waals surface area contributed by atoms with Crippen LogP contribution >= 0.6 is 0 Å². The molecule has 1 fully saturated rings. The normalized spacial score (nSPS) is 22.8. The number of hydrogen-bond donors (Lipinski definition) is 2. The first-order chi connectivity index (χ1) is 11.7. The summed E-state index contributed by atoms with van der Waals surface area (Å²) in [5.41, 5.74) is 0.488. The Balaban J connectivity index is 2.05. The van der Waals surface area contributed by atoms with Gasteiger partial charge in [0, 0.05) is 5.92 Å². The van der Waals surface area contributed by atoms with E-state index in [1.54, 1.807) is 0 Å². The van der Waals surface area contributed by atoms with Gasteiger partial charge in [-0.3, -0.25) is 0 Å². The molecular formula is C20H31NO4. The molecule has 1 aromatic rings. The molecule has 1 unspecified atom stereocenters. The second-order valence-electron chi connectivity index (χ2n) is 8.20. The molecular weight excluding hydrogens is 318 g/mol. The average Bonchev–Trinajstić information content (AvgIpc) is 2.44. The van der Waals surface area contributed by atoms with Crippen LogP contribution in [0.3, 0.4) is 0 Å². The Morgan fingerprint density at radius 3 is 2.44 bits per heavy atom. The van der Waals surface area contributed by atoms with Crippen molar-refractivity contribution in [1.29, 1.82) is 0 Å². The lowest BCUT2D eigenvalue weighted by atomic mass is 9.82. The SMILES string of the molecule is CC(C)C[C@@H](NC(=O)OC(C)(C)C)[C@H](O)[C@@H]1COC1c1ccccc1. The highest BCUT2D eigenvalue weighted by Gasteiger charge is 2.42. The summed E-state index contributed by atoms with van der Waals surface area (Å²) in [6.07, 6.45) is -0.632. The summed E-state index contributed by atoms with van der Waals surface area (Å²) >= 11 is 0. The summed E-state index contributed by atoms with van der Waals surface area (Å²) in [4.78, 5) is 12.2. The number of alkyl carbamates (subject to hydrolysis) is 1. The number of carbonyl (C=O) groups excluding carboxylic acids is 1. The minimum atomic E-state index is -0.686. The third kappa shape index (κ3) is 5.72. The molecule has 1 aliphatic heterocycles. The number of rotatable bonds is 6. The van der Waals surface area contributed by atoms with E-state index < -0.39 is 17.8 Å². The average molecular weight is 349 g/mol. The van der Waals surface area contributed by atoms with Gasteiger partial charge in [-0.2, -0.15) is 0 Å². The van der Waals surface area contributed by atoms with Crippen LogP contribution < -0.4 is 5.32 Å². The number of aliphatic hydroxyl groups is 1. The molecule has 140 valence electrons. The monoisotopic (exact) mass is 349 g/mol. The quantitative estimate of drug-likeness (QED) is 0.822. The summed E-state index contributed by atoms with van der Waals surface area (Å²) < 4.78 is 11.0. The van der Waals surface area contributed by atoms with E-state index in [0.717, 1.165) is 5.56 Å². The number of amides is 1. The summed E-state index contributed by atoms with van der Waals surface area (Å²) in [6.45, 7) is 10.1. The van der Waals surface area contributed by atoms with E-state index in [1.165, 1.54) is 0 Å². The van der Waals surface area contributed by atoms with Gasteiger partial charge in [-0.25, -0.2) is 4.79 Å². The molecule has 1 aliphatic rings. The minimum absolute atomic E-state index is 0.0407. The van der Waals surface area contributed by atoms with Gasteiger partial charge in [0.25, 0.3) is 0 Å². The van der Waals surface area contributed by atoms with Crippen molar-refractivity contribution in [3.63, 3.8) is 0 Å². The molecule has 1 saturated heterocycles. The zero-order valence-corrected chi connectivity index (χ0v) is 15.9. The van der Waals surface area contributed by atoms with Crippen molar-refractivity contribution >= 4 is 6.09 Å². The van der Waals surface area contributed by atoms with Crippen LogP contribution in [0.25, 0.3) is 0 Å². The molecule has 1 amide bonds. The van der Waals surface area contributed by atoms with Crippen LogP contribution in [0.5, 0.6) is 0 Å². The molecule has 0 saturated carbocycles. The zero-order valence-electron chi connectivity index (χ0n) is 15.9. The van der Waals surface area contributed by atoms with Gasteiger partial charge in [0.15, 0.2) is 0 Å². The minimum Gasteiger partial charge on any atom is -0.444 e. The summed E-state index contributed by atoms with van der Waals surface area (Å²) in [6, 6.07) is 9.52. The number of aliphatic hydroxyl groups excluding tert-OH is 1. The van der Waals surface area contributed by atoms with Gasteiger partial charge < -0.3 is 19.9 Å². The molecule has 0 radical (unpaired) electrons. The molecule has 5 heteroatoms. The van der Waals surface area contributed by atoms with Crippen LogP contribution in [-0.4, -0.2) is 35.6 Å². The molecule has 2 N–H and O–H groups in total. The number of nitrogens with one attached hydrogen (secondary N) is 1. The van der Waals surface area contributed by atoms with Crippen molar-refractivity contribution in [2.75, 3.05) is 6.61 Å². The Bertz CT molecular complexity index is 553. The lowest BCUT2D eigenvalue weighted by Gasteiger charge is -2.43. The van der Waals surface area contributed by atoms with Crippen LogP contribution in [0.2, 0.25) is 0 Å². The number of ether oxygens (including phenoxy) is 2. The van der Waals surface area contributed by atoms with E-state index in [-0.39, 0.29) is 18.1 Å². The lowest BCUT2D eigenvalue weighted by Crippen LogP contribution is -2.53. The van der Waals surface area contributed by atoms with E-state index in [2.05, 4.69) is 19.2 Å². The Labute approximate surface area is 150 Å². The van der Waals surface area contributed by atoms with E-state index in [9.17, 15) is 9.90 Å². The van der Waals surface area contributed by atoms with Crippen LogP contribution in [0.1, 0.15) is 52.7 Å². The Kier molecular flexibility index (Phi) is 6.47. The van der Waals surface area contributed by atoms with Crippen molar-refractivity contribution in [2.45, 2.75) is 64.9 Å². The van der Waals surface area contributed by atoms with Gasteiger partial charge in [0.05, 0.1) is 24.9 Å². The first kappa shape index (κ1) is 19.7. The van der Waals surface area contributed by atoms with Gasteiger partial charge in [-0.05, 0) is 38.7 Å². The molecule has 1 heterocycles. The van der Waals surface area contributed by atoms with Crippen molar-refractivity contribution in [3.05, 3.63) is 35.9 Å².